The molecule has 0 saturated carbocycles. The molecule has 0 bridgehead atoms. The smallest absolute Gasteiger partial charge is 0.293 e. The van der Waals surface area contributed by atoms with Gasteiger partial charge in [0.25, 0.3) is 5.91 Å². The summed E-state index contributed by atoms with van der Waals surface area (Å²) in [6.07, 6.45) is 0. The Morgan fingerprint density at radius 1 is 1.33 bits per heavy atom. The Morgan fingerprint density at radius 3 is 2.79 bits per heavy atom. The van der Waals surface area contributed by atoms with Crippen molar-refractivity contribution in [2.75, 3.05) is 5.32 Å². The SMILES string of the molecule is Cc1csc(NC(=O)c2ccc(COc3ccc(C#N)cc3)o2)n1. The van der Waals surface area contributed by atoms with Gasteiger partial charge in [-0.1, -0.05) is 0 Å². The monoisotopic (exact) mass is 339 g/mol. The fourth-order valence-electron chi connectivity index (χ4n) is 1.93. The highest BCUT2D eigenvalue weighted by atomic mass is 32.1. The van der Waals surface area contributed by atoms with Crippen LogP contribution >= 0.6 is 11.3 Å². The Balaban J connectivity index is 1.58. The summed E-state index contributed by atoms with van der Waals surface area (Å²) in [6.45, 7) is 2.05. The van der Waals surface area contributed by atoms with Gasteiger partial charge in [0.05, 0.1) is 17.3 Å². The van der Waals surface area contributed by atoms with E-state index >= 15 is 0 Å². The minimum Gasteiger partial charge on any atom is -0.486 e. The molecule has 0 atom stereocenters. The molecule has 0 spiro atoms. The van der Waals surface area contributed by atoms with Crippen LogP contribution in [-0.2, 0) is 6.61 Å². The van der Waals surface area contributed by atoms with Crippen LogP contribution in [0.25, 0.3) is 0 Å². The maximum absolute atomic E-state index is 12.1. The molecular formula is C17H13N3O3S. The number of anilines is 1. The molecule has 120 valence electrons. The minimum absolute atomic E-state index is 0.190. The van der Waals surface area contributed by atoms with Gasteiger partial charge in [-0.25, -0.2) is 4.98 Å². The number of rotatable bonds is 5. The fraction of sp³-hybridized carbons (Fsp3) is 0.118. The van der Waals surface area contributed by atoms with Gasteiger partial charge in [-0.15, -0.1) is 11.3 Å². The number of hydrogen-bond donors (Lipinski definition) is 1. The summed E-state index contributed by atoms with van der Waals surface area (Å²) in [5.41, 5.74) is 1.42. The first-order chi connectivity index (χ1) is 11.6. The number of hydrogen-bond acceptors (Lipinski definition) is 6. The number of nitriles is 1. The van der Waals surface area contributed by atoms with E-state index in [0.717, 1.165) is 5.69 Å². The summed E-state index contributed by atoms with van der Waals surface area (Å²) in [4.78, 5) is 16.2. The van der Waals surface area contributed by atoms with Gasteiger partial charge in [0.1, 0.15) is 18.1 Å². The van der Waals surface area contributed by atoms with Gasteiger partial charge in [0.15, 0.2) is 10.9 Å². The number of benzene rings is 1. The molecule has 0 aliphatic heterocycles. The summed E-state index contributed by atoms with van der Waals surface area (Å²) in [5.74, 6) is 0.991. The molecule has 24 heavy (non-hydrogen) atoms. The first-order valence-electron chi connectivity index (χ1n) is 7.09. The maximum Gasteiger partial charge on any atom is 0.293 e. The number of nitrogens with one attached hydrogen (secondary N) is 1. The van der Waals surface area contributed by atoms with E-state index in [2.05, 4.69) is 10.3 Å². The highest BCUT2D eigenvalue weighted by Crippen LogP contribution is 2.18. The predicted octanol–water partition coefficient (Wildman–Crippen LogP) is 3.75. The van der Waals surface area contributed by atoms with Gasteiger partial charge in [0, 0.05) is 5.38 Å². The molecule has 1 amide bonds. The second kappa shape index (κ2) is 6.98. The molecule has 3 rings (SSSR count). The third-order valence-electron chi connectivity index (χ3n) is 3.09. The quantitative estimate of drug-likeness (QED) is 0.765. The van der Waals surface area contributed by atoms with Crippen LogP contribution in [-0.4, -0.2) is 10.9 Å². The minimum atomic E-state index is -0.353. The Labute approximate surface area is 142 Å². The standard InChI is InChI=1S/C17H13N3O3S/c1-11-10-24-17(19-11)20-16(21)15-7-6-14(23-15)9-22-13-4-2-12(8-18)3-5-13/h2-7,10H,9H2,1H3,(H,19,20,21). The van der Waals surface area contributed by atoms with Crippen LogP contribution in [0.5, 0.6) is 5.75 Å². The summed E-state index contributed by atoms with van der Waals surface area (Å²) in [6, 6.07) is 12.1. The molecule has 0 aliphatic carbocycles. The van der Waals surface area contributed by atoms with Crippen LogP contribution in [0, 0.1) is 18.3 Å². The van der Waals surface area contributed by atoms with Crippen LogP contribution in [0.15, 0.2) is 46.2 Å². The van der Waals surface area contributed by atoms with Crippen LogP contribution < -0.4 is 10.1 Å². The van der Waals surface area contributed by atoms with E-state index in [0.29, 0.717) is 22.2 Å². The lowest BCUT2D eigenvalue weighted by molar-refractivity contribution is 0.0992. The van der Waals surface area contributed by atoms with E-state index in [1.807, 2.05) is 18.4 Å². The largest absolute Gasteiger partial charge is 0.486 e. The molecule has 0 saturated heterocycles. The van der Waals surface area contributed by atoms with E-state index in [9.17, 15) is 4.79 Å². The molecule has 0 aliphatic rings. The lowest BCUT2D eigenvalue weighted by atomic mass is 10.2. The first kappa shape index (κ1) is 15.8. The third-order valence-corrected chi connectivity index (χ3v) is 3.96. The Kier molecular flexibility index (Phi) is 4.59. The maximum atomic E-state index is 12.1. The average Bonchev–Trinajstić information content (AvgIpc) is 3.22. The molecule has 2 aromatic heterocycles. The summed E-state index contributed by atoms with van der Waals surface area (Å²) >= 11 is 1.36. The Hall–Kier alpha value is -3.11. The zero-order valence-corrected chi connectivity index (χ0v) is 13.6. The summed E-state index contributed by atoms with van der Waals surface area (Å²) in [5, 5.41) is 13.8. The van der Waals surface area contributed by atoms with Crippen LogP contribution in [0.3, 0.4) is 0 Å². The van der Waals surface area contributed by atoms with Gasteiger partial charge >= 0.3 is 0 Å². The zero-order valence-electron chi connectivity index (χ0n) is 12.8. The van der Waals surface area contributed by atoms with Crippen LogP contribution in [0.2, 0.25) is 0 Å². The van der Waals surface area contributed by atoms with Gasteiger partial charge in [-0.05, 0) is 43.3 Å². The average molecular weight is 339 g/mol. The van der Waals surface area contributed by atoms with E-state index in [1.165, 1.54) is 11.3 Å². The van der Waals surface area contributed by atoms with E-state index in [-0.39, 0.29) is 18.3 Å². The first-order valence-corrected chi connectivity index (χ1v) is 7.97. The predicted molar refractivity (Wildman–Crippen MR) is 89.0 cm³/mol. The van der Waals surface area contributed by atoms with Crippen LogP contribution in [0.1, 0.15) is 27.6 Å². The van der Waals surface area contributed by atoms with E-state index in [4.69, 9.17) is 14.4 Å². The van der Waals surface area contributed by atoms with Crippen molar-refractivity contribution in [2.45, 2.75) is 13.5 Å². The molecule has 3 aromatic rings. The van der Waals surface area contributed by atoms with Gasteiger partial charge in [-0.3, -0.25) is 10.1 Å². The Bertz CT molecular complexity index is 890. The topological polar surface area (TPSA) is 88.1 Å². The summed E-state index contributed by atoms with van der Waals surface area (Å²) in [7, 11) is 0. The molecule has 1 aromatic carbocycles. The molecule has 0 fully saturated rings. The molecule has 7 heteroatoms. The van der Waals surface area contributed by atoms with Crippen molar-refractivity contribution in [3.05, 3.63) is 64.6 Å². The van der Waals surface area contributed by atoms with Crippen molar-refractivity contribution in [2.24, 2.45) is 0 Å². The van der Waals surface area contributed by atoms with Crippen molar-refractivity contribution < 1.29 is 13.9 Å². The van der Waals surface area contributed by atoms with E-state index in [1.54, 1.807) is 36.4 Å². The third kappa shape index (κ3) is 3.80. The highest BCUT2D eigenvalue weighted by Gasteiger charge is 2.13. The Morgan fingerprint density at radius 2 is 2.12 bits per heavy atom. The summed E-state index contributed by atoms with van der Waals surface area (Å²) < 4.78 is 11.0. The second-order valence-electron chi connectivity index (χ2n) is 4.94. The molecular weight excluding hydrogens is 326 g/mol. The van der Waals surface area contributed by atoms with E-state index < -0.39 is 0 Å². The van der Waals surface area contributed by atoms with Crippen molar-refractivity contribution in [1.82, 2.24) is 4.98 Å². The van der Waals surface area contributed by atoms with Gasteiger partial charge in [0.2, 0.25) is 0 Å². The highest BCUT2D eigenvalue weighted by molar-refractivity contribution is 7.13. The number of furan rings is 1. The van der Waals surface area contributed by atoms with Crippen molar-refractivity contribution in [3.8, 4) is 11.8 Å². The number of amides is 1. The second-order valence-corrected chi connectivity index (χ2v) is 5.80. The molecule has 6 nitrogen and oxygen atoms in total. The van der Waals surface area contributed by atoms with Crippen molar-refractivity contribution >= 4 is 22.4 Å². The van der Waals surface area contributed by atoms with Gasteiger partial charge in [-0.2, -0.15) is 5.26 Å². The molecule has 0 unspecified atom stereocenters. The normalized spacial score (nSPS) is 10.2. The number of thiazole rings is 1. The molecule has 2 heterocycles. The lowest BCUT2D eigenvalue weighted by Crippen LogP contribution is -2.10. The lowest BCUT2D eigenvalue weighted by Gasteiger charge is -2.03. The number of aromatic nitrogens is 1. The van der Waals surface area contributed by atoms with Gasteiger partial charge < -0.3 is 9.15 Å². The van der Waals surface area contributed by atoms with Crippen LogP contribution in [0.4, 0.5) is 5.13 Å². The zero-order chi connectivity index (χ0) is 16.9. The number of nitrogens with zero attached hydrogens (tertiary/aromatic N) is 2. The fourth-order valence-corrected chi connectivity index (χ4v) is 2.61. The number of aryl methyl sites for hydroxylation is 1. The number of carbonyl (C=O) groups excluding carboxylic acids is 1. The molecule has 0 radical (unpaired) electrons. The van der Waals surface area contributed by atoms with Crippen molar-refractivity contribution in [3.63, 3.8) is 0 Å². The van der Waals surface area contributed by atoms with Crippen molar-refractivity contribution in [1.29, 1.82) is 5.26 Å². The number of ether oxygens (including phenoxy) is 1. The molecule has 1 N–H and O–H groups in total. The number of carbonyl (C=O) groups is 1.